The second kappa shape index (κ2) is 6.29. The van der Waals surface area contributed by atoms with Crippen LogP contribution in [0.5, 0.6) is 5.88 Å². The number of halogens is 1. The van der Waals surface area contributed by atoms with Gasteiger partial charge in [-0.05, 0) is 31.0 Å². The Balaban J connectivity index is 1.55. The van der Waals surface area contributed by atoms with Crippen LogP contribution in [0.15, 0.2) is 41.3 Å². The molecule has 122 valence electrons. The van der Waals surface area contributed by atoms with Crippen LogP contribution >= 0.6 is 0 Å². The van der Waals surface area contributed by atoms with Gasteiger partial charge in [-0.15, -0.1) is 0 Å². The average molecular weight is 318 g/mol. The second-order valence-electron chi connectivity index (χ2n) is 6.03. The summed E-state index contributed by atoms with van der Waals surface area (Å²) in [7, 11) is 0. The molecule has 1 aliphatic heterocycles. The maximum atomic E-state index is 13.9. The Kier molecular flexibility index (Phi) is 4.01. The van der Waals surface area contributed by atoms with Crippen LogP contribution in [-0.4, -0.2) is 41.3 Å². The minimum atomic E-state index is -0.433. The number of hydrogen-bond acceptors (Lipinski definition) is 5. The van der Waals surface area contributed by atoms with Gasteiger partial charge in [0.15, 0.2) is 5.82 Å². The first-order valence-corrected chi connectivity index (χ1v) is 7.95. The zero-order valence-electron chi connectivity index (χ0n) is 12.7. The van der Waals surface area contributed by atoms with Crippen LogP contribution < -0.4 is 4.74 Å². The highest BCUT2D eigenvalue weighted by molar-refractivity contribution is 5.15. The van der Waals surface area contributed by atoms with Crippen molar-refractivity contribution in [3.63, 3.8) is 0 Å². The molecule has 2 aliphatic rings. The molecule has 0 spiro atoms. The van der Waals surface area contributed by atoms with E-state index in [1.54, 1.807) is 24.8 Å². The summed E-state index contributed by atoms with van der Waals surface area (Å²) in [6.45, 7) is 2.27. The molecule has 0 radical (unpaired) electrons. The first-order valence-electron chi connectivity index (χ1n) is 7.95. The largest absolute Gasteiger partial charge is 0.472 e. The van der Waals surface area contributed by atoms with Gasteiger partial charge in [0.05, 0.1) is 25.2 Å². The van der Waals surface area contributed by atoms with Gasteiger partial charge in [-0.1, -0.05) is 0 Å². The van der Waals surface area contributed by atoms with E-state index >= 15 is 0 Å². The minimum absolute atomic E-state index is 0.00393. The van der Waals surface area contributed by atoms with Gasteiger partial charge in [0.1, 0.15) is 6.10 Å². The molecule has 0 unspecified atom stereocenters. The summed E-state index contributed by atoms with van der Waals surface area (Å²) in [5.74, 6) is -0.374. The van der Waals surface area contributed by atoms with Crippen molar-refractivity contribution < 1.29 is 18.3 Å². The lowest BCUT2D eigenvalue weighted by molar-refractivity contribution is 0.000137. The average Bonchev–Trinajstić information content (AvgIpc) is 3.14. The molecule has 0 amide bonds. The Hall–Kier alpha value is -1.92. The van der Waals surface area contributed by atoms with E-state index in [1.807, 2.05) is 6.07 Å². The Morgan fingerprint density at radius 1 is 1.35 bits per heavy atom. The van der Waals surface area contributed by atoms with Crippen molar-refractivity contribution in [3.8, 4) is 5.88 Å². The molecular formula is C17H19FN2O3. The lowest BCUT2D eigenvalue weighted by Gasteiger charge is -2.30. The summed E-state index contributed by atoms with van der Waals surface area (Å²) >= 11 is 0. The van der Waals surface area contributed by atoms with Gasteiger partial charge in [0.2, 0.25) is 0 Å². The van der Waals surface area contributed by atoms with Crippen LogP contribution in [0.4, 0.5) is 4.39 Å². The summed E-state index contributed by atoms with van der Waals surface area (Å²) < 4.78 is 30.9. The maximum absolute atomic E-state index is 13.9. The van der Waals surface area contributed by atoms with Crippen molar-refractivity contribution in [1.82, 2.24) is 9.88 Å². The van der Waals surface area contributed by atoms with Gasteiger partial charge in [-0.3, -0.25) is 4.90 Å². The molecule has 5 nitrogen and oxygen atoms in total. The minimum Gasteiger partial charge on any atom is -0.472 e. The van der Waals surface area contributed by atoms with Crippen LogP contribution in [0.1, 0.15) is 18.4 Å². The van der Waals surface area contributed by atoms with Gasteiger partial charge >= 0.3 is 0 Å². The molecule has 2 fully saturated rings. The SMILES string of the molecule is Fc1cccnc1O[C@H]1[C@H]2CC[C@H]1OCCN2Cc1ccoc1. The Labute approximate surface area is 134 Å². The van der Waals surface area contributed by atoms with E-state index in [4.69, 9.17) is 13.9 Å². The topological polar surface area (TPSA) is 47.7 Å². The number of hydrogen-bond donors (Lipinski definition) is 0. The van der Waals surface area contributed by atoms with Gasteiger partial charge in [-0.2, -0.15) is 0 Å². The fourth-order valence-corrected chi connectivity index (χ4v) is 3.52. The number of fused-ring (bicyclic) bond motifs is 2. The summed E-state index contributed by atoms with van der Waals surface area (Å²) in [4.78, 5) is 6.35. The predicted octanol–water partition coefficient (Wildman–Crippen LogP) is 2.62. The number of pyridine rings is 1. The molecule has 1 saturated carbocycles. The van der Waals surface area contributed by atoms with Crippen LogP contribution in [0.3, 0.4) is 0 Å². The Morgan fingerprint density at radius 2 is 2.30 bits per heavy atom. The molecule has 1 aliphatic carbocycles. The highest BCUT2D eigenvalue weighted by atomic mass is 19.1. The summed E-state index contributed by atoms with van der Waals surface area (Å²) in [5.41, 5.74) is 1.12. The lowest BCUT2D eigenvalue weighted by atomic mass is 10.1. The van der Waals surface area contributed by atoms with E-state index in [9.17, 15) is 4.39 Å². The first kappa shape index (κ1) is 14.7. The molecular weight excluding hydrogens is 299 g/mol. The Bertz CT molecular complexity index is 649. The van der Waals surface area contributed by atoms with E-state index in [0.717, 1.165) is 31.5 Å². The van der Waals surface area contributed by atoms with E-state index < -0.39 is 5.82 Å². The van der Waals surface area contributed by atoms with Gasteiger partial charge in [0.25, 0.3) is 5.88 Å². The molecule has 1 saturated heterocycles. The molecule has 2 aromatic heterocycles. The zero-order chi connectivity index (χ0) is 15.6. The molecule has 3 atom stereocenters. The van der Waals surface area contributed by atoms with E-state index in [2.05, 4.69) is 9.88 Å². The molecule has 0 N–H and O–H groups in total. The molecule has 3 heterocycles. The van der Waals surface area contributed by atoms with E-state index in [-0.39, 0.29) is 24.1 Å². The fourth-order valence-electron chi connectivity index (χ4n) is 3.52. The lowest BCUT2D eigenvalue weighted by Crippen LogP contribution is -2.44. The monoisotopic (exact) mass is 318 g/mol. The Morgan fingerprint density at radius 3 is 3.13 bits per heavy atom. The normalized spacial score (nSPS) is 27.8. The number of aromatic nitrogens is 1. The smallest absolute Gasteiger partial charge is 0.250 e. The standard InChI is InChI=1S/C17H19FN2O3/c18-13-2-1-6-19-17(13)23-16-14-3-4-15(16)22-9-7-20(14)10-12-5-8-21-11-12/h1-2,5-6,8,11,14-16H,3-4,7,9-10H2/t14-,15-,16+/m1/s1. The van der Waals surface area contributed by atoms with Gasteiger partial charge in [0, 0.05) is 30.9 Å². The maximum Gasteiger partial charge on any atom is 0.250 e. The van der Waals surface area contributed by atoms with Crippen molar-refractivity contribution in [1.29, 1.82) is 0 Å². The number of furan rings is 1. The highest BCUT2D eigenvalue weighted by Crippen LogP contribution is 2.33. The summed E-state index contributed by atoms with van der Waals surface area (Å²) in [5, 5.41) is 0. The molecule has 2 bridgehead atoms. The predicted molar refractivity (Wildman–Crippen MR) is 80.5 cm³/mol. The number of rotatable bonds is 4. The van der Waals surface area contributed by atoms with Crippen molar-refractivity contribution >= 4 is 0 Å². The third kappa shape index (κ3) is 2.96. The quantitative estimate of drug-likeness (QED) is 0.867. The molecule has 6 heteroatoms. The van der Waals surface area contributed by atoms with Crippen LogP contribution in [0, 0.1) is 5.82 Å². The van der Waals surface area contributed by atoms with Crippen LogP contribution in [-0.2, 0) is 11.3 Å². The second-order valence-corrected chi connectivity index (χ2v) is 6.03. The van der Waals surface area contributed by atoms with Crippen LogP contribution in [0.25, 0.3) is 0 Å². The molecule has 2 aromatic rings. The number of ether oxygens (including phenoxy) is 2. The summed E-state index contributed by atoms with van der Waals surface area (Å²) in [6.07, 6.45) is 6.67. The molecule has 4 rings (SSSR count). The first-order chi connectivity index (χ1) is 11.3. The fraction of sp³-hybridized carbons (Fsp3) is 0.471. The third-order valence-corrected chi connectivity index (χ3v) is 4.61. The van der Waals surface area contributed by atoms with E-state index in [1.165, 1.54) is 6.07 Å². The van der Waals surface area contributed by atoms with Crippen molar-refractivity contribution in [2.24, 2.45) is 0 Å². The van der Waals surface area contributed by atoms with Gasteiger partial charge in [-0.25, -0.2) is 9.37 Å². The van der Waals surface area contributed by atoms with Crippen molar-refractivity contribution in [2.75, 3.05) is 13.2 Å². The molecule has 0 aromatic carbocycles. The van der Waals surface area contributed by atoms with Crippen LogP contribution in [0.2, 0.25) is 0 Å². The molecule has 23 heavy (non-hydrogen) atoms. The van der Waals surface area contributed by atoms with Crippen molar-refractivity contribution in [3.05, 3.63) is 48.3 Å². The summed E-state index contributed by atoms with van der Waals surface area (Å²) in [6, 6.07) is 5.09. The van der Waals surface area contributed by atoms with Crippen molar-refractivity contribution in [2.45, 2.75) is 37.6 Å². The number of nitrogens with zero attached hydrogens (tertiary/aromatic N) is 2. The zero-order valence-corrected chi connectivity index (χ0v) is 12.7. The highest BCUT2D eigenvalue weighted by Gasteiger charge is 2.44. The third-order valence-electron chi connectivity index (χ3n) is 4.61. The van der Waals surface area contributed by atoms with E-state index in [0.29, 0.717) is 6.61 Å². The van der Waals surface area contributed by atoms with Gasteiger partial charge < -0.3 is 13.9 Å².